The van der Waals surface area contributed by atoms with Crippen molar-refractivity contribution in [2.24, 2.45) is 0 Å². The number of aromatic nitrogens is 3. The van der Waals surface area contributed by atoms with E-state index in [0.717, 1.165) is 33.6 Å². The van der Waals surface area contributed by atoms with Crippen LogP contribution in [0.4, 0.5) is 0 Å². The van der Waals surface area contributed by atoms with Crippen LogP contribution < -0.4 is 4.98 Å². The van der Waals surface area contributed by atoms with Crippen LogP contribution in [-0.4, -0.2) is 9.55 Å². The number of thiophene rings is 1. The largest absolute Gasteiger partial charge is 0.402 e. The number of para-hydroxylation sites is 1. The second-order valence-corrected chi connectivity index (χ2v) is 11.7. The number of benzene rings is 6. The molecule has 3 nitrogen and oxygen atoms in total. The predicted octanol–water partition coefficient (Wildman–Crippen LogP) is 9.85. The molecule has 0 aliphatic carbocycles. The molecule has 0 amide bonds. The summed E-state index contributed by atoms with van der Waals surface area (Å²) >= 11 is 1.86. The average Bonchev–Trinajstić information content (AvgIpc) is 3.61. The number of hydrogen-bond donors (Lipinski definition) is 0. The summed E-state index contributed by atoms with van der Waals surface area (Å²) in [6, 6.07) is 49.7. The lowest BCUT2D eigenvalue weighted by molar-refractivity contribution is -0.343. The molecule has 42 heavy (non-hydrogen) atoms. The Balaban J connectivity index is 1.44. The van der Waals surface area contributed by atoms with E-state index >= 15 is 0 Å². The average molecular weight is 555 g/mol. The van der Waals surface area contributed by atoms with Crippen molar-refractivity contribution >= 4 is 64.2 Å². The third-order valence-electron chi connectivity index (χ3n) is 8.28. The fourth-order valence-corrected chi connectivity index (χ4v) is 7.59. The van der Waals surface area contributed by atoms with Crippen LogP contribution in [0.2, 0.25) is 0 Å². The molecule has 0 unspecified atom stereocenters. The molecule has 0 bridgehead atoms. The minimum Gasteiger partial charge on any atom is -0.241 e. The normalized spacial score (nSPS) is 11.8. The molecule has 3 aromatic heterocycles. The molecule has 0 spiro atoms. The van der Waals surface area contributed by atoms with Crippen LogP contribution in [0.5, 0.6) is 0 Å². The van der Waals surface area contributed by atoms with Gasteiger partial charge in [0.05, 0.1) is 10.1 Å². The zero-order chi connectivity index (χ0) is 27.6. The molecule has 0 radical (unpaired) electrons. The van der Waals surface area contributed by atoms with E-state index in [0.29, 0.717) is 0 Å². The van der Waals surface area contributed by atoms with Gasteiger partial charge in [-0.3, -0.25) is 0 Å². The molecule has 9 aromatic rings. The van der Waals surface area contributed by atoms with Gasteiger partial charge in [0.15, 0.2) is 5.69 Å². The van der Waals surface area contributed by atoms with Gasteiger partial charge in [-0.15, -0.1) is 11.3 Å². The summed E-state index contributed by atoms with van der Waals surface area (Å²) in [5.74, 6) is 0.810. The van der Waals surface area contributed by atoms with E-state index in [1.807, 2.05) is 11.3 Å². The fraction of sp³-hybridized carbons (Fsp3) is 0. The van der Waals surface area contributed by atoms with E-state index < -0.39 is 0 Å². The highest BCUT2D eigenvalue weighted by Crippen LogP contribution is 2.43. The number of hydrogen-bond acceptors (Lipinski definition) is 2. The maximum atomic E-state index is 5.37. The summed E-state index contributed by atoms with van der Waals surface area (Å²) in [5.41, 5.74) is 7.87. The first-order valence-corrected chi connectivity index (χ1v) is 15.0. The highest BCUT2D eigenvalue weighted by atomic mass is 32.1. The molecule has 6 aromatic carbocycles. The topological polar surface area (TPSA) is 32.0 Å². The van der Waals surface area contributed by atoms with E-state index in [-0.39, 0.29) is 0 Å². The summed E-state index contributed by atoms with van der Waals surface area (Å²) in [7, 11) is 0. The first kappa shape index (κ1) is 23.4. The van der Waals surface area contributed by atoms with Gasteiger partial charge < -0.3 is 0 Å². The van der Waals surface area contributed by atoms with Crippen molar-refractivity contribution in [1.82, 2.24) is 9.55 Å². The number of aromatic amines is 1. The van der Waals surface area contributed by atoms with Crippen molar-refractivity contribution in [2.45, 2.75) is 0 Å². The lowest BCUT2D eigenvalue weighted by atomic mass is 10.0. The van der Waals surface area contributed by atoms with Crippen LogP contribution in [-0.2, 0) is 0 Å². The Labute approximate surface area is 246 Å². The molecule has 3 heterocycles. The third-order valence-corrected chi connectivity index (χ3v) is 9.48. The van der Waals surface area contributed by atoms with Gasteiger partial charge >= 0.3 is 5.95 Å². The van der Waals surface area contributed by atoms with Gasteiger partial charge in [-0.05, 0) is 47.5 Å². The lowest BCUT2D eigenvalue weighted by Gasteiger charge is -2.06. The van der Waals surface area contributed by atoms with Crippen molar-refractivity contribution in [1.29, 1.82) is 0 Å². The van der Waals surface area contributed by atoms with E-state index in [2.05, 4.69) is 149 Å². The van der Waals surface area contributed by atoms with E-state index in [1.54, 1.807) is 0 Å². The Morgan fingerprint density at radius 3 is 2.05 bits per heavy atom. The van der Waals surface area contributed by atoms with Crippen LogP contribution in [0.25, 0.3) is 81.2 Å². The molecule has 0 atom stereocenters. The highest BCUT2D eigenvalue weighted by Gasteiger charge is 2.26. The van der Waals surface area contributed by atoms with Gasteiger partial charge in [0.25, 0.3) is 0 Å². The molecular formula is C38H24N3S+. The standard InChI is InChI=1S/C38H23N3S/c1-3-11-24(12-4-1)26-19-22-33-31(23-26)28-20-21-29-27-15-8-10-18-34(27)42-37(29)36(28)41(33)38-39-32-17-9-7-16-30(32)35(40-38)25-13-5-2-6-14-25/h1-23H/p+1. The molecule has 196 valence electrons. The second-order valence-electron chi connectivity index (χ2n) is 10.7. The van der Waals surface area contributed by atoms with Crippen molar-refractivity contribution in [3.63, 3.8) is 0 Å². The first-order valence-electron chi connectivity index (χ1n) is 14.2. The van der Waals surface area contributed by atoms with Crippen molar-refractivity contribution in [2.75, 3.05) is 0 Å². The summed E-state index contributed by atoms with van der Waals surface area (Å²) in [6.45, 7) is 0. The van der Waals surface area contributed by atoms with Crippen LogP contribution >= 0.6 is 11.3 Å². The van der Waals surface area contributed by atoms with Gasteiger partial charge in [-0.1, -0.05) is 108 Å². The first-order chi connectivity index (χ1) is 20.8. The molecular weight excluding hydrogens is 531 g/mol. The zero-order valence-corrected chi connectivity index (χ0v) is 23.4. The van der Waals surface area contributed by atoms with Crippen molar-refractivity contribution in [3.8, 4) is 28.3 Å². The van der Waals surface area contributed by atoms with E-state index in [9.17, 15) is 0 Å². The van der Waals surface area contributed by atoms with E-state index in [1.165, 1.54) is 47.6 Å². The summed E-state index contributed by atoms with van der Waals surface area (Å²) in [5, 5.41) is 6.12. The maximum Gasteiger partial charge on any atom is 0.402 e. The third kappa shape index (κ3) is 3.46. The van der Waals surface area contributed by atoms with Crippen molar-refractivity contribution < 1.29 is 4.98 Å². The van der Waals surface area contributed by atoms with Crippen molar-refractivity contribution in [3.05, 3.63) is 140 Å². The maximum absolute atomic E-state index is 5.37. The van der Waals surface area contributed by atoms with Crippen LogP contribution in [0, 0.1) is 0 Å². The summed E-state index contributed by atoms with van der Waals surface area (Å²) < 4.78 is 4.91. The SMILES string of the molecule is c1ccc(-c2ccc3c(c2)c2ccc4c5ccccc5sc4c2n3-c2nc(-c3ccccc3)c3ccccc3[nH+]2)cc1. The molecule has 1 N–H and O–H groups in total. The molecule has 0 saturated heterocycles. The minimum absolute atomic E-state index is 0.810. The van der Waals surface area contributed by atoms with Gasteiger partial charge in [-0.25, -0.2) is 4.98 Å². The zero-order valence-electron chi connectivity index (χ0n) is 22.6. The lowest BCUT2D eigenvalue weighted by Crippen LogP contribution is -2.18. The fourth-order valence-electron chi connectivity index (χ4n) is 6.35. The Morgan fingerprint density at radius 2 is 1.21 bits per heavy atom. The molecule has 4 heteroatoms. The van der Waals surface area contributed by atoms with E-state index in [4.69, 9.17) is 4.98 Å². The number of H-pyrrole nitrogens is 1. The van der Waals surface area contributed by atoms with Crippen LogP contribution in [0.3, 0.4) is 0 Å². The summed E-state index contributed by atoms with van der Waals surface area (Å²) in [4.78, 5) is 9.09. The Morgan fingerprint density at radius 1 is 0.524 bits per heavy atom. The van der Waals surface area contributed by atoms with Crippen LogP contribution in [0.15, 0.2) is 140 Å². The molecule has 9 rings (SSSR count). The van der Waals surface area contributed by atoms with Gasteiger partial charge in [0.1, 0.15) is 16.6 Å². The second kappa shape index (κ2) is 9.10. The molecule has 0 fully saturated rings. The molecule has 0 aliphatic rings. The summed E-state index contributed by atoms with van der Waals surface area (Å²) in [6.07, 6.45) is 0. The molecule has 0 aliphatic heterocycles. The number of fused-ring (bicyclic) bond motifs is 8. The molecule has 0 saturated carbocycles. The Hall–Kier alpha value is -5.32. The minimum atomic E-state index is 0.810. The Kier molecular flexibility index (Phi) is 5.07. The van der Waals surface area contributed by atoms with Gasteiger partial charge in [0.2, 0.25) is 0 Å². The van der Waals surface area contributed by atoms with Crippen LogP contribution in [0.1, 0.15) is 0 Å². The quantitative estimate of drug-likeness (QED) is 0.214. The van der Waals surface area contributed by atoms with Gasteiger partial charge in [-0.2, -0.15) is 4.57 Å². The smallest absolute Gasteiger partial charge is 0.241 e. The Bertz CT molecular complexity index is 2460. The monoisotopic (exact) mass is 554 g/mol. The number of nitrogens with one attached hydrogen (secondary N) is 1. The number of nitrogens with zero attached hydrogens (tertiary/aromatic N) is 2. The highest BCUT2D eigenvalue weighted by molar-refractivity contribution is 7.26. The predicted molar refractivity (Wildman–Crippen MR) is 176 cm³/mol. The number of rotatable bonds is 3. The van der Waals surface area contributed by atoms with Gasteiger partial charge in [0, 0.05) is 31.8 Å².